The number of benzene rings is 1. The maximum atomic E-state index is 10.8. The Kier molecular flexibility index (Phi) is 9.55. The van der Waals surface area contributed by atoms with Gasteiger partial charge in [-0.25, -0.2) is 0 Å². The molecule has 1 atom stereocenters. The second-order valence-electron chi connectivity index (χ2n) is 3.31. The molecule has 0 spiro atoms. The molecule has 0 aliphatic heterocycles. The molecule has 1 aromatic carbocycles. The first kappa shape index (κ1) is 16.7. The first-order valence-electron chi connectivity index (χ1n) is 5.02. The van der Waals surface area contributed by atoms with E-state index >= 15 is 0 Å². The molecule has 0 bridgehead atoms. The van der Waals surface area contributed by atoms with E-state index < -0.39 is 12.0 Å². The summed E-state index contributed by atoms with van der Waals surface area (Å²) in [5.74, 6) is -0.341. The Morgan fingerprint density at radius 3 is 2.65 bits per heavy atom. The average Bonchev–Trinajstić information content (AvgIpc) is 2.30. The predicted octanol–water partition coefficient (Wildman–Crippen LogP) is -2.02. The van der Waals surface area contributed by atoms with Crippen molar-refractivity contribution in [2.45, 2.75) is 12.5 Å². The smallest absolute Gasteiger partial charge is 0.548 e. The van der Waals surface area contributed by atoms with Crippen LogP contribution in [0.15, 0.2) is 35.3 Å². The second kappa shape index (κ2) is 9.71. The first-order chi connectivity index (χ1) is 7.74. The van der Waals surface area contributed by atoms with Crippen molar-refractivity contribution in [3.8, 4) is 0 Å². The molecule has 17 heavy (non-hydrogen) atoms. The van der Waals surface area contributed by atoms with Crippen molar-refractivity contribution >= 4 is 23.9 Å². The minimum absolute atomic E-state index is 0. The summed E-state index contributed by atoms with van der Waals surface area (Å²) in [7, 11) is 0. The summed E-state index contributed by atoms with van der Waals surface area (Å²) in [6.07, 6.45) is 4.03. The molecule has 0 fully saturated rings. The standard InChI is InChI=1S/C12H15NO2S.Na/c1-16-8-7-11(12(14)15)13-9-10-5-3-2-4-6-10;/h2-6,9,11H,7-8H2,1H3,(H,14,15);/q;+1/p-1/b13-9+;. The zero-order valence-electron chi connectivity index (χ0n) is 10.1. The summed E-state index contributed by atoms with van der Waals surface area (Å²) in [6, 6.07) is 8.69. The number of thioether (sulfide) groups is 1. The van der Waals surface area contributed by atoms with E-state index in [1.165, 1.54) is 0 Å². The summed E-state index contributed by atoms with van der Waals surface area (Å²) in [6.45, 7) is 0. The first-order valence-corrected chi connectivity index (χ1v) is 6.41. The van der Waals surface area contributed by atoms with Crippen LogP contribution in [0.3, 0.4) is 0 Å². The van der Waals surface area contributed by atoms with Gasteiger partial charge in [0.05, 0.1) is 12.0 Å². The Bertz CT molecular complexity index is 357. The summed E-state index contributed by atoms with van der Waals surface area (Å²) >= 11 is 1.60. The number of nitrogens with zero attached hydrogens (tertiary/aromatic N) is 1. The number of aliphatic carboxylic acids is 1. The largest absolute Gasteiger partial charge is 1.00 e. The predicted molar refractivity (Wildman–Crippen MR) is 65.8 cm³/mol. The molecule has 0 radical (unpaired) electrons. The van der Waals surface area contributed by atoms with Crippen molar-refractivity contribution in [1.29, 1.82) is 0 Å². The Morgan fingerprint density at radius 1 is 1.47 bits per heavy atom. The number of rotatable bonds is 6. The van der Waals surface area contributed by atoms with E-state index in [1.807, 2.05) is 36.6 Å². The van der Waals surface area contributed by atoms with E-state index in [9.17, 15) is 9.90 Å². The number of carbonyl (C=O) groups excluding carboxylic acids is 1. The molecule has 0 aliphatic carbocycles. The van der Waals surface area contributed by atoms with Gasteiger partial charge in [0.1, 0.15) is 0 Å². The molecule has 1 unspecified atom stereocenters. The van der Waals surface area contributed by atoms with Gasteiger partial charge in [-0.3, -0.25) is 4.99 Å². The molecule has 0 saturated heterocycles. The third kappa shape index (κ3) is 6.88. The van der Waals surface area contributed by atoms with E-state index in [0.717, 1.165) is 11.3 Å². The van der Waals surface area contributed by atoms with Gasteiger partial charge < -0.3 is 9.90 Å². The average molecular weight is 259 g/mol. The van der Waals surface area contributed by atoms with Crippen LogP contribution in [0.25, 0.3) is 0 Å². The van der Waals surface area contributed by atoms with Crippen LogP contribution in [-0.4, -0.2) is 30.2 Å². The van der Waals surface area contributed by atoms with Crippen LogP contribution in [0.4, 0.5) is 0 Å². The van der Waals surface area contributed by atoms with Crippen molar-refractivity contribution in [3.05, 3.63) is 35.9 Å². The summed E-state index contributed by atoms with van der Waals surface area (Å²) in [5.41, 5.74) is 0.901. The van der Waals surface area contributed by atoms with Crippen LogP contribution in [-0.2, 0) is 4.79 Å². The van der Waals surface area contributed by atoms with Gasteiger partial charge in [-0.05, 0) is 24.0 Å². The Labute approximate surface area is 128 Å². The molecular formula is C12H14NNaO2S. The Balaban J connectivity index is 0.00000256. The van der Waals surface area contributed by atoms with E-state index in [2.05, 4.69) is 4.99 Å². The number of aliphatic imine (C=N–C) groups is 1. The van der Waals surface area contributed by atoms with Crippen LogP contribution in [0, 0.1) is 0 Å². The molecule has 0 heterocycles. The minimum atomic E-state index is -1.11. The topological polar surface area (TPSA) is 52.5 Å². The van der Waals surface area contributed by atoms with E-state index in [-0.39, 0.29) is 29.6 Å². The summed E-state index contributed by atoms with van der Waals surface area (Å²) in [4.78, 5) is 14.8. The number of carboxylic acids is 1. The quantitative estimate of drug-likeness (QED) is 0.438. The van der Waals surface area contributed by atoms with Crippen LogP contribution in [0.5, 0.6) is 0 Å². The fourth-order valence-corrected chi connectivity index (χ4v) is 1.66. The van der Waals surface area contributed by atoms with E-state index in [1.54, 1.807) is 18.0 Å². The maximum absolute atomic E-state index is 10.8. The minimum Gasteiger partial charge on any atom is -0.548 e. The molecule has 3 nitrogen and oxygen atoms in total. The van der Waals surface area contributed by atoms with E-state index in [0.29, 0.717) is 6.42 Å². The molecule has 0 aliphatic rings. The fourth-order valence-electron chi connectivity index (χ4n) is 1.20. The number of hydrogen-bond donors (Lipinski definition) is 0. The zero-order chi connectivity index (χ0) is 11.8. The molecular weight excluding hydrogens is 245 g/mol. The number of carbonyl (C=O) groups is 1. The van der Waals surface area contributed by atoms with Gasteiger partial charge in [-0.1, -0.05) is 30.3 Å². The third-order valence-corrected chi connectivity index (χ3v) is 2.71. The van der Waals surface area contributed by atoms with Crippen molar-refractivity contribution in [1.82, 2.24) is 0 Å². The Morgan fingerprint density at radius 2 is 2.12 bits per heavy atom. The molecule has 0 N–H and O–H groups in total. The maximum Gasteiger partial charge on any atom is 1.00 e. The number of hydrogen-bond acceptors (Lipinski definition) is 4. The molecule has 1 rings (SSSR count). The van der Waals surface area contributed by atoms with Crippen molar-refractivity contribution in [3.63, 3.8) is 0 Å². The van der Waals surface area contributed by atoms with Crippen LogP contribution < -0.4 is 34.7 Å². The number of carboxylic acid groups (broad SMARTS) is 1. The van der Waals surface area contributed by atoms with Gasteiger partial charge in [0.2, 0.25) is 0 Å². The SMILES string of the molecule is CSCCC(/N=C/c1ccccc1)C(=O)[O-].[Na+]. The molecule has 0 saturated carbocycles. The van der Waals surface area contributed by atoms with Crippen molar-refractivity contribution in [2.75, 3.05) is 12.0 Å². The summed E-state index contributed by atoms with van der Waals surface area (Å²) < 4.78 is 0. The van der Waals surface area contributed by atoms with Crippen molar-refractivity contribution in [2.24, 2.45) is 4.99 Å². The molecule has 1 aromatic rings. The van der Waals surface area contributed by atoms with Gasteiger partial charge in [0.25, 0.3) is 0 Å². The normalized spacial score (nSPS) is 12.1. The van der Waals surface area contributed by atoms with Crippen LogP contribution in [0.2, 0.25) is 0 Å². The molecule has 0 amide bonds. The summed E-state index contributed by atoms with van der Waals surface area (Å²) in [5, 5.41) is 10.8. The van der Waals surface area contributed by atoms with Gasteiger partial charge in [-0.2, -0.15) is 11.8 Å². The van der Waals surface area contributed by atoms with Gasteiger partial charge >= 0.3 is 29.6 Å². The van der Waals surface area contributed by atoms with Gasteiger partial charge in [0.15, 0.2) is 0 Å². The second-order valence-corrected chi connectivity index (χ2v) is 4.29. The fraction of sp³-hybridized carbons (Fsp3) is 0.333. The van der Waals surface area contributed by atoms with Crippen LogP contribution in [0.1, 0.15) is 12.0 Å². The van der Waals surface area contributed by atoms with Gasteiger partial charge in [-0.15, -0.1) is 0 Å². The molecule has 86 valence electrons. The Hall–Kier alpha value is -0.290. The monoisotopic (exact) mass is 259 g/mol. The van der Waals surface area contributed by atoms with Crippen molar-refractivity contribution < 1.29 is 39.5 Å². The molecule has 0 aromatic heterocycles. The van der Waals surface area contributed by atoms with E-state index in [4.69, 9.17) is 0 Å². The van der Waals surface area contributed by atoms with Gasteiger partial charge in [0, 0.05) is 6.21 Å². The zero-order valence-corrected chi connectivity index (χ0v) is 12.9. The molecule has 5 heteroatoms. The van der Waals surface area contributed by atoms with Crippen LogP contribution >= 0.6 is 11.8 Å². The third-order valence-electron chi connectivity index (χ3n) is 2.07.